The fourth-order valence-electron chi connectivity index (χ4n) is 4.87. The summed E-state index contributed by atoms with van der Waals surface area (Å²) < 4.78 is 57.2. The highest BCUT2D eigenvalue weighted by atomic mass is 35.5. The summed E-state index contributed by atoms with van der Waals surface area (Å²) in [6, 6.07) is 9.26. The van der Waals surface area contributed by atoms with E-state index in [0.717, 1.165) is 12.1 Å². The molecule has 1 atom stereocenters. The number of fused-ring (bicyclic) bond motifs is 1. The summed E-state index contributed by atoms with van der Waals surface area (Å²) in [7, 11) is 0. The normalized spacial score (nSPS) is 18.4. The van der Waals surface area contributed by atoms with Crippen molar-refractivity contribution in [2.24, 2.45) is 0 Å². The number of benzene rings is 1. The van der Waals surface area contributed by atoms with Gasteiger partial charge in [0.05, 0.1) is 34.8 Å². The third-order valence-electron chi connectivity index (χ3n) is 6.91. The molecule has 1 fully saturated rings. The summed E-state index contributed by atoms with van der Waals surface area (Å²) in [6.45, 7) is 7.96. The average molecular weight is 606 g/mol. The van der Waals surface area contributed by atoms with Gasteiger partial charge in [0.25, 0.3) is 0 Å². The van der Waals surface area contributed by atoms with E-state index in [1.54, 1.807) is 18.2 Å². The molecular formula is C29H31ClF3N5O4. The highest BCUT2D eigenvalue weighted by Crippen LogP contribution is 2.40. The second kappa shape index (κ2) is 11.9. The average Bonchev–Trinajstić information content (AvgIpc) is 3.20. The van der Waals surface area contributed by atoms with Gasteiger partial charge < -0.3 is 19.1 Å². The summed E-state index contributed by atoms with van der Waals surface area (Å²) in [5, 5.41) is 2.97. The molecule has 0 bridgehead atoms. The number of aromatic nitrogens is 2. The Labute approximate surface area is 246 Å². The monoisotopic (exact) mass is 605 g/mol. The SMILES string of the molecule is CCN1CCCN(C(=O)Nc2ccc(OC[C@@H]3COC(C)(C)O3)cn2)c2nc(-c3cccc(C(F)(F)F)c3)c(Cl)cc21. The lowest BCUT2D eigenvalue weighted by Gasteiger charge is -2.26. The molecule has 42 heavy (non-hydrogen) atoms. The number of anilines is 3. The number of nitrogens with zero attached hydrogens (tertiary/aromatic N) is 4. The number of carbonyl (C=O) groups is 1. The van der Waals surface area contributed by atoms with Crippen LogP contribution in [0.4, 0.5) is 35.3 Å². The lowest BCUT2D eigenvalue weighted by molar-refractivity contribution is -0.141. The molecule has 9 nitrogen and oxygen atoms in total. The predicted molar refractivity (Wildman–Crippen MR) is 153 cm³/mol. The number of nitrogens with one attached hydrogen (secondary N) is 1. The lowest BCUT2D eigenvalue weighted by Crippen LogP contribution is -2.36. The molecule has 1 N–H and O–H groups in total. The molecule has 2 aliphatic rings. The van der Waals surface area contributed by atoms with E-state index in [1.807, 2.05) is 25.7 Å². The van der Waals surface area contributed by atoms with E-state index < -0.39 is 23.6 Å². The van der Waals surface area contributed by atoms with Crippen LogP contribution in [0.25, 0.3) is 11.3 Å². The fraction of sp³-hybridized carbons (Fsp3) is 0.414. The van der Waals surface area contributed by atoms with Crippen molar-refractivity contribution < 1.29 is 32.2 Å². The number of hydrogen-bond donors (Lipinski definition) is 1. The Morgan fingerprint density at radius 3 is 2.69 bits per heavy atom. The maximum absolute atomic E-state index is 13.5. The van der Waals surface area contributed by atoms with E-state index in [2.05, 4.69) is 15.3 Å². The minimum absolute atomic E-state index is 0.150. The van der Waals surface area contributed by atoms with Gasteiger partial charge in [-0.3, -0.25) is 10.2 Å². The second-order valence-corrected chi connectivity index (χ2v) is 10.8. The third kappa shape index (κ3) is 6.71. The highest BCUT2D eigenvalue weighted by Gasteiger charge is 2.34. The maximum atomic E-state index is 13.5. The van der Waals surface area contributed by atoms with Crippen LogP contribution in [0.5, 0.6) is 5.75 Å². The van der Waals surface area contributed by atoms with E-state index in [1.165, 1.54) is 23.2 Å². The van der Waals surface area contributed by atoms with E-state index >= 15 is 0 Å². The van der Waals surface area contributed by atoms with Crippen molar-refractivity contribution >= 4 is 35.0 Å². The molecule has 224 valence electrons. The molecule has 1 aromatic carbocycles. The van der Waals surface area contributed by atoms with Gasteiger partial charge >= 0.3 is 12.2 Å². The molecule has 2 aliphatic heterocycles. The second-order valence-electron chi connectivity index (χ2n) is 10.4. The van der Waals surface area contributed by atoms with Crippen LogP contribution in [-0.2, 0) is 15.7 Å². The minimum Gasteiger partial charge on any atom is -0.489 e. The summed E-state index contributed by atoms with van der Waals surface area (Å²) >= 11 is 6.56. The number of hydrogen-bond acceptors (Lipinski definition) is 7. The topological polar surface area (TPSA) is 89.1 Å². The Morgan fingerprint density at radius 1 is 1.21 bits per heavy atom. The molecule has 13 heteroatoms. The van der Waals surface area contributed by atoms with E-state index in [-0.39, 0.29) is 29.0 Å². The number of alkyl halides is 3. The number of urea groups is 1. The van der Waals surface area contributed by atoms with Gasteiger partial charge in [0.2, 0.25) is 0 Å². The molecule has 1 saturated heterocycles. The summed E-state index contributed by atoms with van der Waals surface area (Å²) in [4.78, 5) is 26.0. The number of halogens is 4. The molecule has 0 radical (unpaired) electrons. The summed E-state index contributed by atoms with van der Waals surface area (Å²) in [5.74, 6) is 0.445. The molecule has 4 heterocycles. The number of pyridine rings is 2. The van der Waals surface area contributed by atoms with E-state index in [0.29, 0.717) is 55.7 Å². The Balaban J connectivity index is 1.37. The molecule has 2 amide bonds. The third-order valence-corrected chi connectivity index (χ3v) is 7.20. The number of rotatable bonds is 6. The quantitative estimate of drug-likeness (QED) is 0.338. The van der Waals surface area contributed by atoms with Crippen LogP contribution < -0.4 is 19.9 Å². The van der Waals surface area contributed by atoms with Crippen LogP contribution in [0.15, 0.2) is 48.7 Å². The lowest BCUT2D eigenvalue weighted by atomic mass is 10.1. The Hall–Kier alpha value is -3.61. The van der Waals surface area contributed by atoms with Gasteiger partial charge in [-0.1, -0.05) is 23.7 Å². The first-order valence-corrected chi connectivity index (χ1v) is 13.9. The number of amides is 2. The molecule has 0 aliphatic carbocycles. The van der Waals surface area contributed by atoms with Gasteiger partial charge in [-0.15, -0.1) is 0 Å². The van der Waals surface area contributed by atoms with Crippen molar-refractivity contribution in [2.75, 3.05) is 48.0 Å². The Kier molecular flexibility index (Phi) is 8.49. The fourth-order valence-corrected chi connectivity index (χ4v) is 5.12. The standard InChI is InChI=1S/C29H31ClF3N5O4/c1-4-37-11-6-12-38(26-23(37)14-22(30)25(36-26)18-7-5-8-19(13-18)29(31,32)33)27(39)35-24-10-9-20(15-34-24)40-16-21-17-41-28(2,3)42-21/h5,7-10,13-15,21H,4,6,11-12,16-17H2,1-3H3,(H,34,35,39)/t21-/m1/s1. The highest BCUT2D eigenvalue weighted by molar-refractivity contribution is 6.33. The first-order chi connectivity index (χ1) is 19.9. The molecule has 2 aromatic heterocycles. The van der Waals surface area contributed by atoms with Gasteiger partial charge in [-0.2, -0.15) is 13.2 Å². The van der Waals surface area contributed by atoms with Crippen molar-refractivity contribution in [2.45, 2.75) is 45.3 Å². The Bertz CT molecular complexity index is 1440. The van der Waals surface area contributed by atoms with Crippen LogP contribution >= 0.6 is 11.6 Å². The van der Waals surface area contributed by atoms with Gasteiger partial charge in [0.1, 0.15) is 24.3 Å². The molecular weight excluding hydrogens is 575 g/mol. The predicted octanol–water partition coefficient (Wildman–Crippen LogP) is 6.61. The zero-order chi connectivity index (χ0) is 30.1. The van der Waals surface area contributed by atoms with Crippen molar-refractivity contribution in [3.8, 4) is 17.0 Å². The summed E-state index contributed by atoms with van der Waals surface area (Å²) in [6.07, 6.45) is -2.59. The van der Waals surface area contributed by atoms with Crippen molar-refractivity contribution in [3.63, 3.8) is 0 Å². The van der Waals surface area contributed by atoms with Crippen molar-refractivity contribution in [1.82, 2.24) is 9.97 Å². The molecule has 3 aromatic rings. The van der Waals surface area contributed by atoms with Crippen LogP contribution in [0.3, 0.4) is 0 Å². The van der Waals surface area contributed by atoms with Crippen LogP contribution in [0, 0.1) is 0 Å². The van der Waals surface area contributed by atoms with Crippen molar-refractivity contribution in [3.05, 3.63) is 59.2 Å². The maximum Gasteiger partial charge on any atom is 0.416 e. The Morgan fingerprint density at radius 2 is 2.02 bits per heavy atom. The smallest absolute Gasteiger partial charge is 0.416 e. The zero-order valence-corrected chi connectivity index (χ0v) is 24.1. The molecule has 0 spiro atoms. The molecule has 0 unspecified atom stereocenters. The van der Waals surface area contributed by atoms with Gasteiger partial charge in [0.15, 0.2) is 11.6 Å². The van der Waals surface area contributed by atoms with Gasteiger partial charge in [-0.25, -0.2) is 14.8 Å². The summed E-state index contributed by atoms with van der Waals surface area (Å²) in [5.41, 5.74) is 0.144. The van der Waals surface area contributed by atoms with Crippen molar-refractivity contribution in [1.29, 1.82) is 0 Å². The first kappa shape index (κ1) is 29.9. The van der Waals surface area contributed by atoms with Crippen LogP contribution in [-0.4, -0.2) is 60.7 Å². The molecule has 5 rings (SSSR count). The minimum atomic E-state index is -4.53. The number of carbonyl (C=O) groups excluding carboxylic acids is 1. The number of ether oxygens (including phenoxy) is 3. The first-order valence-electron chi connectivity index (χ1n) is 13.6. The van der Waals surface area contributed by atoms with Gasteiger partial charge in [0, 0.05) is 25.2 Å². The van der Waals surface area contributed by atoms with Gasteiger partial charge in [-0.05, 0) is 57.5 Å². The zero-order valence-electron chi connectivity index (χ0n) is 23.4. The van der Waals surface area contributed by atoms with E-state index in [4.69, 9.17) is 25.8 Å². The molecule has 0 saturated carbocycles. The van der Waals surface area contributed by atoms with E-state index in [9.17, 15) is 18.0 Å². The largest absolute Gasteiger partial charge is 0.489 e. The van der Waals surface area contributed by atoms with Crippen LogP contribution in [0.2, 0.25) is 5.02 Å². The van der Waals surface area contributed by atoms with Crippen LogP contribution in [0.1, 0.15) is 32.8 Å².